The first-order valence-corrected chi connectivity index (χ1v) is 7.14. The lowest BCUT2D eigenvalue weighted by molar-refractivity contribution is 0.104. The molecule has 0 aromatic heterocycles. The Bertz CT molecular complexity index is 668. The second-order valence-electron chi connectivity index (χ2n) is 4.79. The van der Waals surface area contributed by atoms with E-state index in [1.807, 2.05) is 42.5 Å². The predicted octanol–water partition coefficient (Wildman–Crippen LogP) is 4.71. The molecule has 0 fully saturated rings. The zero-order valence-corrected chi connectivity index (χ0v) is 12.1. The maximum absolute atomic E-state index is 12.4. The number of benzene rings is 2. The van der Waals surface area contributed by atoms with Gasteiger partial charge in [-0.2, -0.15) is 0 Å². The highest BCUT2D eigenvalue weighted by atomic mass is 79.9. The van der Waals surface area contributed by atoms with Crippen LogP contribution in [-0.4, -0.2) is 5.78 Å². The standard InChI is InChI=1S/C17H13BrO/c1-11-6-8-12(9-7-11)10-15-16(18)13-4-2-3-5-14(13)17(15)19/h2-10,16H,1H3/b15-10+. The van der Waals surface area contributed by atoms with Gasteiger partial charge in [-0.25, -0.2) is 0 Å². The maximum Gasteiger partial charge on any atom is 0.190 e. The van der Waals surface area contributed by atoms with E-state index >= 15 is 0 Å². The number of fused-ring (bicyclic) bond motifs is 1. The van der Waals surface area contributed by atoms with Crippen LogP contribution in [0, 0.1) is 6.92 Å². The van der Waals surface area contributed by atoms with Crippen molar-refractivity contribution in [3.8, 4) is 0 Å². The molecular formula is C17H13BrO. The molecule has 0 saturated carbocycles. The van der Waals surface area contributed by atoms with Crippen LogP contribution in [0.25, 0.3) is 6.08 Å². The summed E-state index contributed by atoms with van der Waals surface area (Å²) in [4.78, 5) is 12.4. The van der Waals surface area contributed by atoms with E-state index in [9.17, 15) is 4.79 Å². The number of rotatable bonds is 1. The molecule has 0 amide bonds. The minimum Gasteiger partial charge on any atom is -0.289 e. The van der Waals surface area contributed by atoms with E-state index in [0.29, 0.717) is 0 Å². The minimum absolute atomic E-state index is 0.00231. The van der Waals surface area contributed by atoms with E-state index in [1.54, 1.807) is 0 Å². The first kappa shape index (κ1) is 12.4. The highest BCUT2D eigenvalue weighted by molar-refractivity contribution is 9.09. The van der Waals surface area contributed by atoms with Crippen LogP contribution in [0.5, 0.6) is 0 Å². The Balaban J connectivity index is 2.04. The van der Waals surface area contributed by atoms with Gasteiger partial charge in [-0.05, 0) is 24.1 Å². The smallest absolute Gasteiger partial charge is 0.190 e. The van der Waals surface area contributed by atoms with Crippen LogP contribution in [-0.2, 0) is 0 Å². The SMILES string of the molecule is Cc1ccc(/C=C2/C(=O)c3ccccc3C2Br)cc1. The molecule has 0 N–H and O–H groups in total. The van der Waals surface area contributed by atoms with E-state index < -0.39 is 0 Å². The van der Waals surface area contributed by atoms with Crippen molar-refractivity contribution in [3.05, 3.63) is 76.4 Å². The van der Waals surface area contributed by atoms with Gasteiger partial charge in [-0.3, -0.25) is 4.79 Å². The minimum atomic E-state index is -0.00231. The first-order valence-electron chi connectivity index (χ1n) is 6.23. The van der Waals surface area contributed by atoms with Gasteiger partial charge in [0.1, 0.15) is 0 Å². The van der Waals surface area contributed by atoms with E-state index in [-0.39, 0.29) is 10.6 Å². The molecule has 3 rings (SSSR count). The molecule has 19 heavy (non-hydrogen) atoms. The van der Waals surface area contributed by atoms with Gasteiger partial charge in [0.2, 0.25) is 0 Å². The van der Waals surface area contributed by atoms with Crippen molar-refractivity contribution in [1.82, 2.24) is 0 Å². The normalized spacial score (nSPS) is 19.8. The summed E-state index contributed by atoms with van der Waals surface area (Å²) in [5.74, 6) is 0.123. The van der Waals surface area contributed by atoms with E-state index in [2.05, 4.69) is 35.0 Å². The lowest BCUT2D eigenvalue weighted by Gasteiger charge is -2.03. The van der Waals surface area contributed by atoms with Crippen molar-refractivity contribution in [2.75, 3.05) is 0 Å². The fourth-order valence-electron chi connectivity index (χ4n) is 2.34. The molecule has 2 aromatic rings. The largest absolute Gasteiger partial charge is 0.289 e. The van der Waals surface area contributed by atoms with E-state index in [4.69, 9.17) is 0 Å². The summed E-state index contributed by atoms with van der Waals surface area (Å²) in [5, 5.41) is 0. The summed E-state index contributed by atoms with van der Waals surface area (Å²) in [6.07, 6.45) is 1.97. The topological polar surface area (TPSA) is 17.1 Å². The second-order valence-corrected chi connectivity index (χ2v) is 5.70. The van der Waals surface area contributed by atoms with Crippen LogP contribution < -0.4 is 0 Å². The summed E-state index contributed by atoms with van der Waals surface area (Å²) in [7, 11) is 0. The summed E-state index contributed by atoms with van der Waals surface area (Å²) < 4.78 is 0. The number of allylic oxidation sites excluding steroid dienone is 1. The Labute approximate surface area is 121 Å². The molecule has 1 aliphatic rings. The number of aryl methyl sites for hydroxylation is 1. The molecule has 0 heterocycles. The van der Waals surface area contributed by atoms with Gasteiger partial charge in [0.25, 0.3) is 0 Å². The molecule has 0 radical (unpaired) electrons. The van der Waals surface area contributed by atoms with Gasteiger partial charge in [0.15, 0.2) is 5.78 Å². The van der Waals surface area contributed by atoms with Crippen molar-refractivity contribution < 1.29 is 4.79 Å². The number of carbonyl (C=O) groups is 1. The van der Waals surface area contributed by atoms with Gasteiger partial charge in [0.05, 0.1) is 4.83 Å². The zero-order valence-electron chi connectivity index (χ0n) is 10.6. The van der Waals surface area contributed by atoms with Crippen LogP contribution in [0.2, 0.25) is 0 Å². The number of carbonyl (C=O) groups excluding carboxylic acids is 1. The highest BCUT2D eigenvalue weighted by Crippen LogP contribution is 2.42. The van der Waals surface area contributed by atoms with Gasteiger partial charge < -0.3 is 0 Å². The number of hydrogen-bond donors (Lipinski definition) is 0. The fraction of sp³-hybridized carbons (Fsp3) is 0.118. The van der Waals surface area contributed by atoms with Gasteiger partial charge >= 0.3 is 0 Å². The van der Waals surface area contributed by atoms with E-state index in [1.165, 1.54) is 5.56 Å². The molecule has 94 valence electrons. The maximum atomic E-state index is 12.4. The van der Waals surface area contributed by atoms with Crippen LogP contribution in [0.15, 0.2) is 54.1 Å². The monoisotopic (exact) mass is 312 g/mol. The van der Waals surface area contributed by atoms with Gasteiger partial charge in [-0.15, -0.1) is 0 Å². The molecule has 1 atom stereocenters. The molecule has 1 nitrogen and oxygen atoms in total. The Kier molecular flexibility index (Phi) is 3.11. The summed E-state index contributed by atoms with van der Waals surface area (Å²) in [6.45, 7) is 2.06. The second kappa shape index (κ2) is 4.78. The van der Waals surface area contributed by atoms with Crippen molar-refractivity contribution >= 4 is 27.8 Å². The summed E-state index contributed by atoms with van der Waals surface area (Å²) in [6, 6.07) is 16.0. The first-order chi connectivity index (χ1) is 9.16. The third-order valence-corrected chi connectivity index (χ3v) is 4.40. The molecule has 0 saturated heterocycles. The molecule has 1 unspecified atom stereocenters. The zero-order chi connectivity index (χ0) is 13.4. The van der Waals surface area contributed by atoms with Crippen LogP contribution >= 0.6 is 15.9 Å². The Morgan fingerprint density at radius 1 is 1.05 bits per heavy atom. The molecule has 0 spiro atoms. The van der Waals surface area contributed by atoms with Crippen molar-refractivity contribution in [3.63, 3.8) is 0 Å². The number of hydrogen-bond acceptors (Lipinski definition) is 1. The number of halogens is 1. The lowest BCUT2D eigenvalue weighted by atomic mass is 10.1. The third-order valence-electron chi connectivity index (χ3n) is 3.41. The van der Waals surface area contributed by atoms with E-state index in [0.717, 1.165) is 22.3 Å². The van der Waals surface area contributed by atoms with Crippen molar-refractivity contribution in [2.24, 2.45) is 0 Å². The average Bonchev–Trinajstić information content (AvgIpc) is 2.67. The molecule has 2 aromatic carbocycles. The Morgan fingerprint density at radius 2 is 1.74 bits per heavy atom. The van der Waals surface area contributed by atoms with Gasteiger partial charge in [-0.1, -0.05) is 70.0 Å². The number of ketones is 1. The average molecular weight is 313 g/mol. The van der Waals surface area contributed by atoms with Crippen molar-refractivity contribution in [1.29, 1.82) is 0 Å². The Hall–Kier alpha value is -1.67. The quantitative estimate of drug-likeness (QED) is 0.550. The molecule has 0 aliphatic heterocycles. The number of Topliss-reactive ketones (excluding diaryl/α,β-unsaturated/α-hetero) is 1. The molecule has 2 heteroatoms. The predicted molar refractivity (Wildman–Crippen MR) is 81.6 cm³/mol. The third kappa shape index (κ3) is 2.17. The van der Waals surface area contributed by atoms with Gasteiger partial charge in [0, 0.05) is 11.1 Å². The lowest BCUT2D eigenvalue weighted by Crippen LogP contribution is -1.95. The van der Waals surface area contributed by atoms with Crippen molar-refractivity contribution in [2.45, 2.75) is 11.8 Å². The fourth-order valence-corrected chi connectivity index (χ4v) is 3.08. The van der Waals surface area contributed by atoms with Crippen LogP contribution in [0.3, 0.4) is 0 Å². The molecule has 0 bridgehead atoms. The van der Waals surface area contributed by atoms with Crippen LogP contribution in [0.4, 0.5) is 0 Å². The Morgan fingerprint density at radius 3 is 2.42 bits per heavy atom. The summed E-state index contributed by atoms with van der Waals surface area (Å²) >= 11 is 3.63. The van der Waals surface area contributed by atoms with Crippen LogP contribution in [0.1, 0.15) is 31.9 Å². The number of alkyl halides is 1. The summed E-state index contributed by atoms with van der Waals surface area (Å²) in [5.41, 5.74) is 4.96. The molecule has 1 aliphatic carbocycles. The highest BCUT2D eigenvalue weighted by Gasteiger charge is 2.32. The molecular weight excluding hydrogens is 300 g/mol.